The summed E-state index contributed by atoms with van der Waals surface area (Å²) in [5.74, 6) is -1.32. The molecular weight excluding hydrogens is 437 g/mol. The Kier molecular flexibility index (Phi) is 4.77. The molecular formula is C14H9BrINO3. The molecule has 0 unspecified atom stereocenters. The summed E-state index contributed by atoms with van der Waals surface area (Å²) in [6, 6.07) is 11.7. The van der Waals surface area contributed by atoms with Crippen molar-refractivity contribution in [3.63, 3.8) is 0 Å². The average Bonchev–Trinajstić information content (AvgIpc) is 2.38. The van der Waals surface area contributed by atoms with Gasteiger partial charge in [-0.3, -0.25) is 4.79 Å². The van der Waals surface area contributed by atoms with E-state index in [-0.39, 0.29) is 11.5 Å². The highest BCUT2D eigenvalue weighted by Gasteiger charge is 2.11. The number of anilines is 1. The van der Waals surface area contributed by atoms with Crippen LogP contribution in [0.2, 0.25) is 0 Å². The fourth-order valence-electron chi connectivity index (χ4n) is 1.63. The van der Waals surface area contributed by atoms with Crippen LogP contribution in [0.1, 0.15) is 20.7 Å². The molecule has 0 saturated heterocycles. The van der Waals surface area contributed by atoms with E-state index < -0.39 is 5.97 Å². The fourth-order valence-corrected chi connectivity index (χ4v) is 2.75. The molecule has 2 N–H and O–H groups in total. The zero-order chi connectivity index (χ0) is 14.7. The first-order chi connectivity index (χ1) is 9.47. The third-order valence-corrected chi connectivity index (χ3v) is 3.92. The summed E-state index contributed by atoms with van der Waals surface area (Å²) in [6.45, 7) is 0. The Labute approximate surface area is 137 Å². The summed E-state index contributed by atoms with van der Waals surface area (Å²) >= 11 is 5.30. The van der Waals surface area contributed by atoms with Crippen molar-refractivity contribution in [1.82, 2.24) is 0 Å². The first-order valence-corrected chi connectivity index (χ1v) is 7.44. The van der Waals surface area contributed by atoms with Crippen molar-refractivity contribution in [3.05, 3.63) is 61.6 Å². The molecule has 0 aromatic heterocycles. The smallest absolute Gasteiger partial charge is 0.335 e. The molecule has 2 rings (SSSR count). The molecule has 0 atom stereocenters. The third kappa shape index (κ3) is 3.57. The Morgan fingerprint density at radius 2 is 1.85 bits per heavy atom. The minimum absolute atomic E-state index is 0.109. The molecule has 2 aromatic rings. The van der Waals surface area contributed by atoms with E-state index in [0.717, 1.165) is 3.57 Å². The van der Waals surface area contributed by atoms with Crippen LogP contribution in [0, 0.1) is 3.57 Å². The van der Waals surface area contributed by atoms with Crippen LogP contribution in [-0.4, -0.2) is 17.0 Å². The van der Waals surface area contributed by atoms with E-state index in [1.54, 1.807) is 18.2 Å². The quantitative estimate of drug-likeness (QED) is 0.701. The number of carboxylic acid groups (broad SMARTS) is 1. The predicted molar refractivity (Wildman–Crippen MR) is 88.2 cm³/mol. The van der Waals surface area contributed by atoms with Gasteiger partial charge in [-0.1, -0.05) is 28.1 Å². The number of nitrogens with one attached hydrogen (secondary N) is 1. The van der Waals surface area contributed by atoms with E-state index in [2.05, 4.69) is 43.8 Å². The van der Waals surface area contributed by atoms with Gasteiger partial charge in [0, 0.05) is 13.7 Å². The lowest BCUT2D eigenvalue weighted by atomic mass is 10.2. The van der Waals surface area contributed by atoms with Crippen molar-refractivity contribution in [2.75, 3.05) is 5.32 Å². The van der Waals surface area contributed by atoms with Crippen LogP contribution in [0.3, 0.4) is 0 Å². The molecule has 0 bridgehead atoms. The lowest BCUT2D eigenvalue weighted by Gasteiger charge is -2.08. The second kappa shape index (κ2) is 6.36. The van der Waals surface area contributed by atoms with Crippen LogP contribution in [0.4, 0.5) is 5.69 Å². The van der Waals surface area contributed by atoms with Gasteiger partial charge in [-0.15, -0.1) is 0 Å². The van der Waals surface area contributed by atoms with Gasteiger partial charge in [-0.05, 0) is 52.9 Å². The molecule has 0 aliphatic heterocycles. The third-order valence-electron chi connectivity index (χ3n) is 2.52. The molecule has 0 spiro atoms. The largest absolute Gasteiger partial charge is 0.478 e. The maximum atomic E-state index is 12.1. The number of amides is 1. The Morgan fingerprint density at radius 1 is 1.15 bits per heavy atom. The molecule has 4 nitrogen and oxygen atoms in total. The van der Waals surface area contributed by atoms with E-state index in [1.165, 1.54) is 12.1 Å². The van der Waals surface area contributed by atoms with Crippen molar-refractivity contribution < 1.29 is 14.7 Å². The molecule has 0 aliphatic carbocycles. The van der Waals surface area contributed by atoms with Crippen LogP contribution >= 0.6 is 38.5 Å². The number of halogens is 2. The summed E-state index contributed by atoms with van der Waals surface area (Å²) in [6.07, 6.45) is 0. The summed E-state index contributed by atoms with van der Waals surface area (Å²) < 4.78 is 1.42. The highest BCUT2D eigenvalue weighted by molar-refractivity contribution is 14.1. The monoisotopic (exact) mass is 445 g/mol. The maximum Gasteiger partial charge on any atom is 0.335 e. The van der Waals surface area contributed by atoms with E-state index in [1.807, 2.05) is 12.1 Å². The topological polar surface area (TPSA) is 66.4 Å². The minimum atomic E-state index is -1.05. The number of carbonyl (C=O) groups excluding carboxylic acids is 1. The van der Waals surface area contributed by atoms with Gasteiger partial charge in [-0.25, -0.2) is 4.79 Å². The number of rotatable bonds is 3. The molecule has 2 aromatic carbocycles. The van der Waals surface area contributed by atoms with E-state index in [0.29, 0.717) is 15.7 Å². The number of carboxylic acids is 1. The van der Waals surface area contributed by atoms with Crippen LogP contribution in [0.5, 0.6) is 0 Å². The molecule has 0 radical (unpaired) electrons. The fraction of sp³-hybridized carbons (Fsp3) is 0. The first kappa shape index (κ1) is 15.0. The second-order valence-corrected chi connectivity index (χ2v) is 6.05. The van der Waals surface area contributed by atoms with E-state index in [9.17, 15) is 9.59 Å². The van der Waals surface area contributed by atoms with Gasteiger partial charge in [-0.2, -0.15) is 0 Å². The number of carbonyl (C=O) groups is 2. The zero-order valence-corrected chi connectivity index (χ0v) is 13.8. The highest BCUT2D eigenvalue weighted by Crippen LogP contribution is 2.21. The molecule has 102 valence electrons. The molecule has 20 heavy (non-hydrogen) atoms. The lowest BCUT2D eigenvalue weighted by molar-refractivity contribution is 0.0696. The van der Waals surface area contributed by atoms with Gasteiger partial charge < -0.3 is 10.4 Å². The standard InChI is InChI=1S/C14H9BrINO3/c15-9-5-8(14(19)20)6-10(7-9)17-13(18)11-3-1-2-4-12(11)16/h1-7H,(H,17,18)(H,19,20). The SMILES string of the molecule is O=C(O)c1cc(Br)cc(NC(=O)c2ccccc2I)c1. The molecule has 6 heteroatoms. The summed E-state index contributed by atoms with van der Waals surface area (Å²) in [7, 11) is 0. The first-order valence-electron chi connectivity index (χ1n) is 5.57. The molecule has 0 fully saturated rings. The van der Waals surface area contributed by atoms with Crippen molar-refractivity contribution in [2.24, 2.45) is 0 Å². The molecule has 0 aliphatic rings. The number of hydrogen-bond donors (Lipinski definition) is 2. The lowest BCUT2D eigenvalue weighted by Crippen LogP contribution is -2.13. The summed E-state index contributed by atoms with van der Waals surface area (Å²) in [5, 5.41) is 11.7. The van der Waals surface area contributed by atoms with Gasteiger partial charge in [0.2, 0.25) is 0 Å². The van der Waals surface area contributed by atoms with Gasteiger partial charge in [0.25, 0.3) is 5.91 Å². The van der Waals surface area contributed by atoms with E-state index in [4.69, 9.17) is 5.11 Å². The Balaban J connectivity index is 2.28. The normalized spacial score (nSPS) is 10.1. The van der Waals surface area contributed by atoms with Gasteiger partial charge >= 0.3 is 5.97 Å². The van der Waals surface area contributed by atoms with Crippen LogP contribution in [0.15, 0.2) is 46.9 Å². The highest BCUT2D eigenvalue weighted by atomic mass is 127. The number of aromatic carboxylic acids is 1. The Hall–Kier alpha value is -1.41. The summed E-state index contributed by atoms with van der Waals surface area (Å²) in [4.78, 5) is 23.1. The van der Waals surface area contributed by atoms with Crippen LogP contribution < -0.4 is 5.32 Å². The predicted octanol–water partition coefficient (Wildman–Crippen LogP) is 4.00. The van der Waals surface area contributed by atoms with E-state index >= 15 is 0 Å². The summed E-state index contributed by atoms with van der Waals surface area (Å²) in [5.41, 5.74) is 1.09. The van der Waals surface area contributed by atoms with Crippen molar-refractivity contribution in [1.29, 1.82) is 0 Å². The van der Waals surface area contributed by atoms with Crippen LogP contribution in [-0.2, 0) is 0 Å². The van der Waals surface area contributed by atoms with Crippen LogP contribution in [0.25, 0.3) is 0 Å². The van der Waals surface area contributed by atoms with Crippen molar-refractivity contribution in [2.45, 2.75) is 0 Å². The second-order valence-electron chi connectivity index (χ2n) is 3.97. The zero-order valence-electron chi connectivity index (χ0n) is 10.1. The number of hydrogen-bond acceptors (Lipinski definition) is 2. The van der Waals surface area contributed by atoms with Gasteiger partial charge in [0.05, 0.1) is 11.1 Å². The molecule has 1 amide bonds. The van der Waals surface area contributed by atoms with Crippen molar-refractivity contribution >= 4 is 56.1 Å². The maximum absolute atomic E-state index is 12.1. The van der Waals surface area contributed by atoms with Crippen molar-refractivity contribution in [3.8, 4) is 0 Å². The number of benzene rings is 2. The minimum Gasteiger partial charge on any atom is -0.478 e. The molecule has 0 saturated carbocycles. The van der Waals surface area contributed by atoms with Gasteiger partial charge in [0.15, 0.2) is 0 Å². The average molecular weight is 446 g/mol. The molecule has 0 heterocycles. The van der Waals surface area contributed by atoms with Gasteiger partial charge in [0.1, 0.15) is 0 Å². The Bertz CT molecular complexity index is 688. The Morgan fingerprint density at radius 3 is 2.50 bits per heavy atom.